The molecule has 0 saturated carbocycles. The lowest BCUT2D eigenvalue weighted by Gasteiger charge is -2.31. The number of fused-ring (bicyclic) bond motifs is 5. The molecule has 0 spiro atoms. The molecule has 29 heavy (non-hydrogen) atoms. The van der Waals surface area contributed by atoms with E-state index in [4.69, 9.17) is 9.72 Å². The number of rotatable bonds is 3. The van der Waals surface area contributed by atoms with Gasteiger partial charge in [-0.1, -0.05) is 36.4 Å². The fraction of sp³-hybridized carbons (Fsp3) is 0.375. The Hall–Kier alpha value is -2.63. The van der Waals surface area contributed by atoms with Crippen LogP contribution in [0.1, 0.15) is 6.42 Å². The zero-order chi connectivity index (χ0) is 19.2. The molecule has 0 amide bonds. The summed E-state index contributed by atoms with van der Waals surface area (Å²) in [4.78, 5) is 10.3. The first-order valence-corrected chi connectivity index (χ1v) is 10.7. The molecule has 0 aliphatic carbocycles. The van der Waals surface area contributed by atoms with Crippen LogP contribution in [0.25, 0.3) is 32.8 Å². The first-order chi connectivity index (χ1) is 14.4. The molecular weight excluding hydrogens is 360 g/mol. The molecule has 2 aromatic carbocycles. The van der Waals surface area contributed by atoms with Crippen LogP contribution in [0.2, 0.25) is 0 Å². The predicted molar refractivity (Wildman–Crippen MR) is 119 cm³/mol. The van der Waals surface area contributed by atoms with Crippen molar-refractivity contribution in [3.05, 3.63) is 48.5 Å². The molecule has 0 bridgehead atoms. The molecule has 5 heteroatoms. The second-order valence-electron chi connectivity index (χ2n) is 8.14. The molecule has 1 saturated heterocycles. The Morgan fingerprint density at radius 3 is 2.52 bits per heavy atom. The smallest absolute Gasteiger partial charge is 0.0988 e. The van der Waals surface area contributed by atoms with E-state index < -0.39 is 0 Å². The minimum Gasteiger partial charge on any atom is -0.379 e. The number of ether oxygens (including phenoxy) is 1. The van der Waals surface area contributed by atoms with Gasteiger partial charge in [-0.15, -0.1) is 0 Å². The van der Waals surface area contributed by atoms with Crippen LogP contribution >= 0.6 is 0 Å². The second kappa shape index (κ2) is 7.01. The molecule has 0 unspecified atom stereocenters. The molecule has 0 atom stereocenters. The number of hydrogen-bond donors (Lipinski definition) is 0. The monoisotopic (exact) mass is 386 g/mol. The van der Waals surface area contributed by atoms with E-state index in [1.165, 1.54) is 27.5 Å². The first-order valence-electron chi connectivity index (χ1n) is 10.7. The molecule has 2 aromatic heterocycles. The third-order valence-corrected chi connectivity index (χ3v) is 6.48. The zero-order valence-electron chi connectivity index (χ0n) is 16.7. The van der Waals surface area contributed by atoms with Crippen LogP contribution in [0.3, 0.4) is 0 Å². The number of para-hydroxylation sites is 2. The standard InChI is InChI=1S/C24H26N4O/c1-3-8-20-18(6-1)23-24-22(25-20)19-7-2-4-9-21(19)28(24)11-5-10-27(23)13-12-26-14-16-29-17-15-26/h1-4,6-9H,5,10-17H2. The van der Waals surface area contributed by atoms with E-state index in [0.29, 0.717) is 0 Å². The quantitative estimate of drug-likeness (QED) is 0.535. The van der Waals surface area contributed by atoms with Crippen molar-refractivity contribution in [2.24, 2.45) is 0 Å². The Morgan fingerprint density at radius 2 is 1.62 bits per heavy atom. The number of benzene rings is 2. The van der Waals surface area contributed by atoms with Crippen molar-refractivity contribution in [3.8, 4) is 0 Å². The van der Waals surface area contributed by atoms with E-state index in [9.17, 15) is 0 Å². The van der Waals surface area contributed by atoms with Gasteiger partial charge in [-0.05, 0) is 18.6 Å². The van der Waals surface area contributed by atoms with Gasteiger partial charge in [0.15, 0.2) is 0 Å². The topological polar surface area (TPSA) is 33.5 Å². The summed E-state index contributed by atoms with van der Waals surface area (Å²) in [5.41, 5.74) is 6.22. The van der Waals surface area contributed by atoms with Gasteiger partial charge in [-0.2, -0.15) is 0 Å². The number of hydrogen-bond acceptors (Lipinski definition) is 4. The number of aryl methyl sites for hydroxylation is 1. The minimum atomic E-state index is 0.858. The van der Waals surface area contributed by atoms with Gasteiger partial charge >= 0.3 is 0 Å². The third-order valence-electron chi connectivity index (χ3n) is 6.48. The molecule has 6 rings (SSSR count). The molecule has 4 aromatic rings. The van der Waals surface area contributed by atoms with Gasteiger partial charge in [0, 0.05) is 50.0 Å². The molecule has 0 radical (unpaired) electrons. The number of nitrogens with zero attached hydrogens (tertiary/aromatic N) is 4. The summed E-state index contributed by atoms with van der Waals surface area (Å²) >= 11 is 0. The van der Waals surface area contributed by atoms with Crippen LogP contribution in [-0.4, -0.2) is 60.4 Å². The second-order valence-corrected chi connectivity index (χ2v) is 8.14. The van der Waals surface area contributed by atoms with Crippen molar-refractivity contribution in [3.63, 3.8) is 0 Å². The number of morpholine rings is 1. The Kier molecular flexibility index (Phi) is 4.17. The van der Waals surface area contributed by atoms with Crippen LogP contribution in [0, 0.1) is 0 Å². The average Bonchev–Trinajstić information content (AvgIpc) is 2.96. The van der Waals surface area contributed by atoms with Crippen molar-refractivity contribution in [1.29, 1.82) is 0 Å². The zero-order valence-corrected chi connectivity index (χ0v) is 16.7. The molecular formula is C24H26N4O. The van der Waals surface area contributed by atoms with E-state index in [-0.39, 0.29) is 0 Å². The van der Waals surface area contributed by atoms with Gasteiger partial charge in [0.1, 0.15) is 0 Å². The summed E-state index contributed by atoms with van der Waals surface area (Å²) in [7, 11) is 0. The van der Waals surface area contributed by atoms with Crippen LogP contribution in [-0.2, 0) is 11.3 Å². The predicted octanol–water partition coefficient (Wildman–Crippen LogP) is 3.89. The largest absolute Gasteiger partial charge is 0.379 e. The molecule has 1 fully saturated rings. The van der Waals surface area contributed by atoms with Crippen molar-refractivity contribution >= 4 is 38.5 Å². The summed E-state index contributed by atoms with van der Waals surface area (Å²) < 4.78 is 8.04. The Bertz CT molecular complexity index is 1190. The van der Waals surface area contributed by atoms with E-state index in [0.717, 1.165) is 69.9 Å². The highest BCUT2D eigenvalue weighted by Gasteiger charge is 2.24. The number of anilines is 1. The van der Waals surface area contributed by atoms with Crippen LogP contribution in [0.15, 0.2) is 48.5 Å². The summed E-state index contributed by atoms with van der Waals surface area (Å²) in [6.07, 6.45) is 1.15. The van der Waals surface area contributed by atoms with Crippen LogP contribution in [0.4, 0.5) is 5.69 Å². The van der Waals surface area contributed by atoms with Gasteiger partial charge in [0.25, 0.3) is 0 Å². The SMILES string of the molecule is c1ccc2c3c4c(nc2c1)c1ccccc1n4CCCN3CCN1CCOCC1. The minimum absolute atomic E-state index is 0.858. The van der Waals surface area contributed by atoms with Gasteiger partial charge < -0.3 is 14.2 Å². The summed E-state index contributed by atoms with van der Waals surface area (Å²) in [6.45, 7) is 8.06. The van der Waals surface area contributed by atoms with Crippen molar-refractivity contribution < 1.29 is 4.74 Å². The summed E-state index contributed by atoms with van der Waals surface area (Å²) in [5.74, 6) is 0. The van der Waals surface area contributed by atoms with E-state index in [2.05, 4.69) is 62.9 Å². The highest BCUT2D eigenvalue weighted by atomic mass is 16.5. The lowest BCUT2D eigenvalue weighted by atomic mass is 10.1. The van der Waals surface area contributed by atoms with E-state index in [1.807, 2.05) is 0 Å². The maximum atomic E-state index is 5.53. The Balaban J connectivity index is 1.55. The lowest BCUT2D eigenvalue weighted by molar-refractivity contribution is 0.0392. The van der Waals surface area contributed by atoms with Gasteiger partial charge in [-0.3, -0.25) is 4.90 Å². The number of aromatic nitrogens is 2. The third kappa shape index (κ3) is 2.80. The fourth-order valence-corrected chi connectivity index (χ4v) is 5.05. The Morgan fingerprint density at radius 1 is 0.828 bits per heavy atom. The summed E-state index contributed by atoms with van der Waals surface area (Å²) in [5, 5.41) is 2.54. The maximum Gasteiger partial charge on any atom is 0.0988 e. The molecule has 2 aliphatic rings. The van der Waals surface area contributed by atoms with Crippen molar-refractivity contribution in [2.45, 2.75) is 13.0 Å². The molecule has 148 valence electrons. The highest BCUT2D eigenvalue weighted by molar-refractivity contribution is 6.16. The maximum absolute atomic E-state index is 5.53. The van der Waals surface area contributed by atoms with Crippen molar-refractivity contribution in [2.75, 3.05) is 50.8 Å². The highest BCUT2D eigenvalue weighted by Crippen LogP contribution is 2.40. The van der Waals surface area contributed by atoms with Gasteiger partial charge in [-0.25, -0.2) is 4.98 Å². The van der Waals surface area contributed by atoms with Crippen LogP contribution < -0.4 is 4.90 Å². The van der Waals surface area contributed by atoms with E-state index >= 15 is 0 Å². The van der Waals surface area contributed by atoms with Crippen LogP contribution in [0.5, 0.6) is 0 Å². The van der Waals surface area contributed by atoms with E-state index in [1.54, 1.807) is 0 Å². The average molecular weight is 386 g/mol. The number of pyridine rings is 1. The van der Waals surface area contributed by atoms with Gasteiger partial charge in [0.05, 0.1) is 41.0 Å². The Labute approximate surface area is 170 Å². The van der Waals surface area contributed by atoms with Gasteiger partial charge in [0.2, 0.25) is 0 Å². The normalized spacial score (nSPS) is 18.0. The van der Waals surface area contributed by atoms with Crippen molar-refractivity contribution in [1.82, 2.24) is 14.5 Å². The molecule has 0 N–H and O–H groups in total. The molecule has 4 heterocycles. The molecule has 5 nitrogen and oxygen atoms in total. The lowest BCUT2D eigenvalue weighted by Crippen LogP contribution is -2.41. The summed E-state index contributed by atoms with van der Waals surface area (Å²) in [6, 6.07) is 17.4. The molecule has 2 aliphatic heterocycles. The first kappa shape index (κ1) is 17.2. The fourth-order valence-electron chi connectivity index (χ4n) is 5.05.